The molecule has 6 heteroatoms. The standard InChI is InChI=1S/C11H15N5O/c1-17-11-7-9(12)6-10(8-11)13-2-4-16-5-3-14-15-16/h3,5-8,13H,2,4,12H2,1H3. The summed E-state index contributed by atoms with van der Waals surface area (Å²) in [5.41, 5.74) is 7.36. The van der Waals surface area contributed by atoms with Crippen molar-refractivity contribution in [2.75, 3.05) is 24.7 Å². The van der Waals surface area contributed by atoms with E-state index in [0.29, 0.717) is 5.69 Å². The van der Waals surface area contributed by atoms with E-state index in [1.165, 1.54) is 0 Å². The first-order valence-electron chi connectivity index (χ1n) is 5.30. The van der Waals surface area contributed by atoms with Crippen LogP contribution in [0.25, 0.3) is 0 Å². The molecule has 0 saturated carbocycles. The van der Waals surface area contributed by atoms with E-state index in [1.807, 2.05) is 18.3 Å². The Bertz CT molecular complexity index is 469. The topological polar surface area (TPSA) is 78.0 Å². The quantitative estimate of drug-likeness (QED) is 0.753. The first-order valence-corrected chi connectivity index (χ1v) is 5.30. The molecule has 0 bridgehead atoms. The first kappa shape index (κ1) is 11.3. The van der Waals surface area contributed by atoms with E-state index >= 15 is 0 Å². The van der Waals surface area contributed by atoms with Crippen LogP contribution in [0.3, 0.4) is 0 Å². The number of methoxy groups -OCH3 is 1. The molecule has 0 amide bonds. The monoisotopic (exact) mass is 233 g/mol. The van der Waals surface area contributed by atoms with Gasteiger partial charge in [0.1, 0.15) is 5.75 Å². The molecule has 3 N–H and O–H groups in total. The molecule has 17 heavy (non-hydrogen) atoms. The lowest BCUT2D eigenvalue weighted by Gasteiger charge is -2.09. The van der Waals surface area contributed by atoms with Crippen molar-refractivity contribution < 1.29 is 4.74 Å². The minimum atomic E-state index is 0.674. The van der Waals surface area contributed by atoms with E-state index < -0.39 is 0 Å². The number of ether oxygens (including phenoxy) is 1. The van der Waals surface area contributed by atoms with Gasteiger partial charge in [-0.25, -0.2) is 0 Å². The highest BCUT2D eigenvalue weighted by Crippen LogP contribution is 2.21. The Kier molecular flexibility index (Phi) is 3.44. The van der Waals surface area contributed by atoms with Crippen molar-refractivity contribution >= 4 is 11.4 Å². The zero-order chi connectivity index (χ0) is 12.1. The van der Waals surface area contributed by atoms with Gasteiger partial charge in [0.15, 0.2) is 0 Å². The molecule has 1 aromatic heterocycles. The molecule has 0 aliphatic carbocycles. The van der Waals surface area contributed by atoms with Crippen LogP contribution in [0.4, 0.5) is 11.4 Å². The number of nitrogens with two attached hydrogens (primary N) is 1. The second-order valence-electron chi connectivity index (χ2n) is 3.59. The van der Waals surface area contributed by atoms with Crippen LogP contribution < -0.4 is 15.8 Å². The van der Waals surface area contributed by atoms with Gasteiger partial charge in [0.2, 0.25) is 0 Å². The lowest BCUT2D eigenvalue weighted by atomic mass is 10.2. The molecule has 1 aromatic carbocycles. The third-order valence-corrected chi connectivity index (χ3v) is 2.31. The molecule has 2 rings (SSSR count). The molecule has 0 radical (unpaired) electrons. The highest BCUT2D eigenvalue weighted by atomic mass is 16.5. The van der Waals surface area contributed by atoms with E-state index in [9.17, 15) is 0 Å². The van der Waals surface area contributed by atoms with Gasteiger partial charge in [-0.3, -0.25) is 4.68 Å². The fourth-order valence-corrected chi connectivity index (χ4v) is 1.51. The molecule has 0 unspecified atom stereocenters. The first-order chi connectivity index (χ1) is 8.28. The van der Waals surface area contributed by atoms with Crippen LogP contribution >= 0.6 is 0 Å². The zero-order valence-electron chi connectivity index (χ0n) is 9.63. The number of rotatable bonds is 5. The van der Waals surface area contributed by atoms with Crippen molar-refractivity contribution in [3.63, 3.8) is 0 Å². The fourth-order valence-electron chi connectivity index (χ4n) is 1.51. The smallest absolute Gasteiger partial charge is 0.122 e. The maximum Gasteiger partial charge on any atom is 0.122 e. The Morgan fingerprint density at radius 2 is 2.29 bits per heavy atom. The van der Waals surface area contributed by atoms with Gasteiger partial charge in [0.25, 0.3) is 0 Å². The molecule has 0 aliphatic rings. The number of hydrogen-bond donors (Lipinski definition) is 2. The van der Waals surface area contributed by atoms with Gasteiger partial charge in [0.05, 0.1) is 19.9 Å². The van der Waals surface area contributed by atoms with Gasteiger partial charge < -0.3 is 15.8 Å². The van der Waals surface area contributed by atoms with Crippen molar-refractivity contribution in [3.05, 3.63) is 30.6 Å². The lowest BCUT2D eigenvalue weighted by Crippen LogP contribution is -2.11. The maximum absolute atomic E-state index is 5.75. The van der Waals surface area contributed by atoms with Crippen LogP contribution in [0.5, 0.6) is 5.75 Å². The molecular formula is C11H15N5O. The normalized spacial score (nSPS) is 10.2. The summed E-state index contributed by atoms with van der Waals surface area (Å²) < 4.78 is 6.90. The van der Waals surface area contributed by atoms with E-state index in [-0.39, 0.29) is 0 Å². The van der Waals surface area contributed by atoms with Gasteiger partial charge in [-0.2, -0.15) is 0 Å². The second kappa shape index (κ2) is 5.20. The summed E-state index contributed by atoms with van der Waals surface area (Å²) in [5.74, 6) is 0.744. The highest BCUT2D eigenvalue weighted by molar-refractivity contribution is 5.59. The summed E-state index contributed by atoms with van der Waals surface area (Å²) >= 11 is 0. The third-order valence-electron chi connectivity index (χ3n) is 2.31. The average molecular weight is 233 g/mol. The number of aromatic nitrogens is 3. The molecule has 1 heterocycles. The summed E-state index contributed by atoms with van der Waals surface area (Å²) in [6.45, 7) is 1.49. The Morgan fingerprint density at radius 3 is 3.00 bits per heavy atom. The summed E-state index contributed by atoms with van der Waals surface area (Å²) in [5, 5.41) is 10.9. The number of hydrogen-bond acceptors (Lipinski definition) is 5. The fraction of sp³-hybridized carbons (Fsp3) is 0.273. The Labute approximate surface area is 99.4 Å². The van der Waals surface area contributed by atoms with Crippen molar-refractivity contribution in [3.8, 4) is 5.75 Å². The van der Waals surface area contributed by atoms with Crippen molar-refractivity contribution in [1.82, 2.24) is 15.0 Å². The summed E-state index contributed by atoms with van der Waals surface area (Å²) in [6.07, 6.45) is 3.48. The summed E-state index contributed by atoms with van der Waals surface area (Å²) in [7, 11) is 1.62. The predicted octanol–water partition coefficient (Wildman–Crippen LogP) is 0.981. The number of anilines is 2. The van der Waals surface area contributed by atoms with Crippen LogP contribution in [-0.4, -0.2) is 28.6 Å². The average Bonchev–Trinajstić information content (AvgIpc) is 2.81. The minimum Gasteiger partial charge on any atom is -0.497 e. The molecular weight excluding hydrogens is 218 g/mol. The van der Waals surface area contributed by atoms with Crippen molar-refractivity contribution in [2.45, 2.75) is 6.54 Å². The van der Waals surface area contributed by atoms with Crippen molar-refractivity contribution in [2.24, 2.45) is 0 Å². The van der Waals surface area contributed by atoms with Gasteiger partial charge >= 0.3 is 0 Å². The molecule has 0 fully saturated rings. The number of nitrogens with one attached hydrogen (secondary N) is 1. The van der Waals surface area contributed by atoms with Gasteiger partial charge in [-0.05, 0) is 6.07 Å². The predicted molar refractivity (Wildman–Crippen MR) is 65.9 cm³/mol. The van der Waals surface area contributed by atoms with E-state index in [2.05, 4.69) is 15.6 Å². The van der Waals surface area contributed by atoms with Crippen LogP contribution in [0.2, 0.25) is 0 Å². The molecule has 0 saturated heterocycles. The number of benzene rings is 1. The third kappa shape index (κ3) is 3.10. The maximum atomic E-state index is 5.75. The van der Waals surface area contributed by atoms with Gasteiger partial charge in [0, 0.05) is 36.2 Å². The SMILES string of the molecule is COc1cc(N)cc(NCCn2ccnn2)c1. The summed E-state index contributed by atoms with van der Waals surface area (Å²) in [6, 6.07) is 5.55. The summed E-state index contributed by atoms with van der Waals surface area (Å²) in [4.78, 5) is 0. The largest absolute Gasteiger partial charge is 0.497 e. The van der Waals surface area contributed by atoms with Crippen LogP contribution in [-0.2, 0) is 6.54 Å². The number of nitrogens with zero attached hydrogens (tertiary/aromatic N) is 3. The molecule has 90 valence electrons. The Balaban J connectivity index is 1.92. The lowest BCUT2D eigenvalue weighted by molar-refractivity contribution is 0.415. The molecule has 2 aromatic rings. The minimum absolute atomic E-state index is 0.674. The van der Waals surface area contributed by atoms with Crippen LogP contribution in [0.15, 0.2) is 30.6 Å². The van der Waals surface area contributed by atoms with Gasteiger partial charge in [-0.15, -0.1) is 5.10 Å². The molecule has 0 atom stereocenters. The Morgan fingerprint density at radius 1 is 1.41 bits per heavy atom. The molecule has 0 spiro atoms. The van der Waals surface area contributed by atoms with E-state index in [1.54, 1.807) is 24.1 Å². The highest BCUT2D eigenvalue weighted by Gasteiger charge is 1.99. The van der Waals surface area contributed by atoms with Gasteiger partial charge in [-0.1, -0.05) is 5.21 Å². The molecule has 0 aliphatic heterocycles. The zero-order valence-corrected chi connectivity index (χ0v) is 9.63. The molecule has 6 nitrogen and oxygen atoms in total. The number of nitrogen functional groups attached to an aromatic ring is 1. The van der Waals surface area contributed by atoms with E-state index in [0.717, 1.165) is 24.5 Å². The van der Waals surface area contributed by atoms with E-state index in [4.69, 9.17) is 10.5 Å². The van der Waals surface area contributed by atoms with Crippen molar-refractivity contribution in [1.29, 1.82) is 0 Å². The van der Waals surface area contributed by atoms with Crippen LogP contribution in [0.1, 0.15) is 0 Å². The van der Waals surface area contributed by atoms with Crippen LogP contribution in [0, 0.1) is 0 Å². The Hall–Kier alpha value is -2.24. The second-order valence-corrected chi connectivity index (χ2v) is 3.59.